The van der Waals surface area contributed by atoms with Gasteiger partial charge in [-0.2, -0.15) is 0 Å². The first-order valence-electron chi connectivity index (χ1n) is 9.97. The Labute approximate surface area is 177 Å². The lowest BCUT2D eigenvalue weighted by molar-refractivity contribution is -0.139. The summed E-state index contributed by atoms with van der Waals surface area (Å²) >= 11 is 0. The number of aryl methyl sites for hydroxylation is 1. The first-order valence-corrected chi connectivity index (χ1v) is 9.97. The van der Waals surface area contributed by atoms with Gasteiger partial charge in [0.1, 0.15) is 0 Å². The molecule has 1 aromatic heterocycles. The van der Waals surface area contributed by atoms with Crippen molar-refractivity contribution >= 4 is 29.9 Å². The van der Waals surface area contributed by atoms with Crippen LogP contribution in [0.3, 0.4) is 0 Å². The van der Waals surface area contributed by atoms with Gasteiger partial charge < -0.3 is 15.1 Å². The Morgan fingerprint density at radius 2 is 2.03 bits per heavy atom. The van der Waals surface area contributed by atoms with Crippen molar-refractivity contribution in [2.24, 2.45) is 5.92 Å². The topological polar surface area (TPSA) is 65.5 Å². The third kappa shape index (κ3) is 4.43. The van der Waals surface area contributed by atoms with Gasteiger partial charge in [0.15, 0.2) is 0 Å². The molecular formula is C22H27ClN4O2. The van der Waals surface area contributed by atoms with Crippen molar-refractivity contribution in [2.45, 2.75) is 25.8 Å². The lowest BCUT2D eigenvalue weighted by Gasteiger charge is -2.37. The second-order valence-electron chi connectivity index (χ2n) is 7.46. The number of rotatable bonds is 4. The van der Waals surface area contributed by atoms with E-state index in [0.717, 1.165) is 24.2 Å². The van der Waals surface area contributed by atoms with E-state index in [0.29, 0.717) is 19.6 Å². The SMILES string of the molecule is CCc1ccc(N2CC(C(=O)N3CCNCC3c3cccnc3)CC2=O)cc1.Cl. The molecule has 2 aliphatic rings. The van der Waals surface area contributed by atoms with Gasteiger partial charge in [-0.05, 0) is 35.7 Å². The number of anilines is 1. The molecule has 2 aliphatic heterocycles. The van der Waals surface area contributed by atoms with E-state index in [9.17, 15) is 9.59 Å². The molecule has 29 heavy (non-hydrogen) atoms. The molecule has 0 aliphatic carbocycles. The first-order chi connectivity index (χ1) is 13.7. The van der Waals surface area contributed by atoms with Crippen LogP contribution in [0.4, 0.5) is 5.69 Å². The molecule has 3 heterocycles. The highest BCUT2D eigenvalue weighted by molar-refractivity contribution is 6.00. The Bertz CT molecular complexity index is 844. The van der Waals surface area contributed by atoms with Gasteiger partial charge in [0.25, 0.3) is 0 Å². The van der Waals surface area contributed by atoms with Gasteiger partial charge in [-0.3, -0.25) is 14.6 Å². The Kier molecular flexibility index (Phi) is 6.87. The first kappa shape index (κ1) is 21.3. The maximum atomic E-state index is 13.3. The number of benzene rings is 1. The molecule has 4 rings (SSSR count). The van der Waals surface area contributed by atoms with Crippen molar-refractivity contribution < 1.29 is 9.59 Å². The number of nitrogens with one attached hydrogen (secondary N) is 1. The number of piperazine rings is 1. The summed E-state index contributed by atoms with van der Waals surface area (Å²) in [5.74, 6) is -0.206. The zero-order valence-corrected chi connectivity index (χ0v) is 17.4. The fraction of sp³-hybridized carbons (Fsp3) is 0.409. The van der Waals surface area contributed by atoms with Crippen LogP contribution in [-0.4, -0.2) is 47.9 Å². The van der Waals surface area contributed by atoms with E-state index in [-0.39, 0.29) is 42.6 Å². The van der Waals surface area contributed by atoms with Crippen molar-refractivity contribution in [3.8, 4) is 0 Å². The highest BCUT2D eigenvalue weighted by atomic mass is 35.5. The van der Waals surface area contributed by atoms with E-state index in [2.05, 4.69) is 17.2 Å². The van der Waals surface area contributed by atoms with Gasteiger partial charge >= 0.3 is 0 Å². The fourth-order valence-electron chi connectivity index (χ4n) is 4.11. The third-order valence-corrected chi connectivity index (χ3v) is 5.73. The van der Waals surface area contributed by atoms with E-state index in [1.165, 1.54) is 5.56 Å². The summed E-state index contributed by atoms with van der Waals surface area (Å²) in [6.45, 7) is 4.68. The van der Waals surface area contributed by atoms with Crippen LogP contribution in [0.2, 0.25) is 0 Å². The molecule has 2 fully saturated rings. The molecule has 2 atom stereocenters. The molecule has 1 aromatic carbocycles. The highest BCUT2D eigenvalue weighted by Gasteiger charge is 2.39. The Hall–Kier alpha value is -2.44. The summed E-state index contributed by atoms with van der Waals surface area (Å²) in [6, 6.07) is 11.9. The largest absolute Gasteiger partial charge is 0.333 e. The number of hydrogen-bond acceptors (Lipinski definition) is 4. The van der Waals surface area contributed by atoms with Crippen LogP contribution in [0.5, 0.6) is 0 Å². The fourth-order valence-corrected chi connectivity index (χ4v) is 4.11. The second kappa shape index (κ2) is 9.37. The zero-order chi connectivity index (χ0) is 19.5. The van der Waals surface area contributed by atoms with E-state index >= 15 is 0 Å². The standard InChI is InChI=1S/C22H26N4O2.ClH/c1-2-16-5-7-19(8-6-16)26-15-18(12-21(26)27)22(28)25-11-10-24-14-20(25)17-4-3-9-23-13-17;/h3-9,13,18,20,24H,2,10-12,14-15H2,1H3;1H. The Morgan fingerprint density at radius 3 is 2.72 bits per heavy atom. The van der Waals surface area contributed by atoms with Crippen molar-refractivity contribution in [1.29, 1.82) is 0 Å². The average Bonchev–Trinajstić information content (AvgIpc) is 3.15. The average molecular weight is 415 g/mol. The molecule has 0 radical (unpaired) electrons. The molecule has 154 valence electrons. The van der Waals surface area contributed by atoms with Gasteiger partial charge in [0.2, 0.25) is 11.8 Å². The summed E-state index contributed by atoms with van der Waals surface area (Å²) in [4.78, 5) is 33.8. The number of amides is 2. The lowest BCUT2D eigenvalue weighted by Crippen LogP contribution is -2.50. The smallest absolute Gasteiger partial charge is 0.228 e. The van der Waals surface area contributed by atoms with Crippen LogP contribution in [0.1, 0.15) is 30.5 Å². The second-order valence-corrected chi connectivity index (χ2v) is 7.46. The molecule has 6 nitrogen and oxygen atoms in total. The molecule has 0 spiro atoms. The van der Waals surface area contributed by atoms with Gasteiger partial charge in [-0.15, -0.1) is 12.4 Å². The molecule has 0 bridgehead atoms. The lowest BCUT2D eigenvalue weighted by atomic mass is 10.0. The van der Waals surface area contributed by atoms with Gasteiger partial charge in [0, 0.05) is 50.7 Å². The highest BCUT2D eigenvalue weighted by Crippen LogP contribution is 2.30. The van der Waals surface area contributed by atoms with Gasteiger partial charge in [0.05, 0.1) is 12.0 Å². The minimum Gasteiger partial charge on any atom is -0.333 e. The Morgan fingerprint density at radius 1 is 1.24 bits per heavy atom. The molecule has 0 saturated carbocycles. The van der Waals surface area contributed by atoms with Gasteiger partial charge in [-0.25, -0.2) is 0 Å². The van der Waals surface area contributed by atoms with Crippen molar-refractivity contribution in [3.05, 3.63) is 59.9 Å². The van der Waals surface area contributed by atoms with Crippen LogP contribution in [0, 0.1) is 5.92 Å². The van der Waals surface area contributed by atoms with Crippen molar-refractivity contribution in [3.63, 3.8) is 0 Å². The minimum absolute atomic E-state index is 0. The maximum absolute atomic E-state index is 13.3. The van der Waals surface area contributed by atoms with Crippen LogP contribution in [0.25, 0.3) is 0 Å². The van der Waals surface area contributed by atoms with Crippen molar-refractivity contribution in [1.82, 2.24) is 15.2 Å². The van der Waals surface area contributed by atoms with E-state index in [1.54, 1.807) is 11.1 Å². The van der Waals surface area contributed by atoms with Gasteiger partial charge in [-0.1, -0.05) is 25.1 Å². The number of nitrogens with zero attached hydrogens (tertiary/aromatic N) is 3. The quantitative estimate of drug-likeness (QED) is 0.835. The number of halogens is 1. The third-order valence-electron chi connectivity index (χ3n) is 5.73. The predicted molar refractivity (Wildman–Crippen MR) is 115 cm³/mol. The summed E-state index contributed by atoms with van der Waals surface area (Å²) in [5.41, 5.74) is 3.14. The monoisotopic (exact) mass is 414 g/mol. The molecule has 7 heteroatoms. The van der Waals surface area contributed by atoms with E-state index in [1.807, 2.05) is 47.5 Å². The molecule has 2 amide bonds. The molecular weight excluding hydrogens is 388 g/mol. The number of carbonyl (C=O) groups is 2. The van der Waals surface area contributed by atoms with Crippen LogP contribution >= 0.6 is 12.4 Å². The molecule has 1 N–H and O–H groups in total. The summed E-state index contributed by atoms with van der Waals surface area (Å²) < 4.78 is 0. The molecule has 2 unspecified atom stereocenters. The number of hydrogen-bond donors (Lipinski definition) is 1. The Balaban J connectivity index is 0.00000240. The minimum atomic E-state index is -0.296. The molecule has 2 aromatic rings. The summed E-state index contributed by atoms with van der Waals surface area (Å²) in [5, 5.41) is 3.36. The summed E-state index contributed by atoms with van der Waals surface area (Å²) in [6.07, 6.45) is 4.80. The van der Waals surface area contributed by atoms with Crippen molar-refractivity contribution in [2.75, 3.05) is 31.1 Å². The predicted octanol–water partition coefficient (Wildman–Crippen LogP) is 2.59. The van der Waals surface area contributed by atoms with E-state index < -0.39 is 0 Å². The maximum Gasteiger partial charge on any atom is 0.228 e. The molecule has 2 saturated heterocycles. The zero-order valence-electron chi connectivity index (χ0n) is 16.6. The van der Waals surface area contributed by atoms with Crippen LogP contribution in [0.15, 0.2) is 48.8 Å². The van der Waals surface area contributed by atoms with Crippen LogP contribution in [-0.2, 0) is 16.0 Å². The summed E-state index contributed by atoms with van der Waals surface area (Å²) in [7, 11) is 0. The number of aromatic nitrogens is 1. The number of pyridine rings is 1. The normalized spacial score (nSPS) is 21.8. The van der Waals surface area contributed by atoms with E-state index in [4.69, 9.17) is 0 Å². The number of carbonyl (C=O) groups excluding carboxylic acids is 2. The van der Waals surface area contributed by atoms with Crippen LogP contribution < -0.4 is 10.2 Å².